The number of rotatable bonds is 9. The molecule has 0 radical (unpaired) electrons. The van der Waals surface area contributed by atoms with Crippen molar-refractivity contribution >= 4 is 16.7 Å². The topological polar surface area (TPSA) is 115 Å². The zero-order valence-electron chi connectivity index (χ0n) is 20.1. The van der Waals surface area contributed by atoms with Crippen LogP contribution in [-0.4, -0.2) is 42.6 Å². The molecular formula is C28H26O8. The zero-order valence-corrected chi connectivity index (χ0v) is 20.1. The molecule has 0 spiro atoms. The summed E-state index contributed by atoms with van der Waals surface area (Å²) in [7, 11) is 4.46. The maximum atomic E-state index is 12.4. The van der Waals surface area contributed by atoms with E-state index in [9.17, 15) is 20.1 Å². The molecule has 4 aromatic rings. The highest BCUT2D eigenvalue weighted by atomic mass is 16.5. The standard InChI is InChI=1S/C28H26O8/c1-33-21-10-9-17(11-22(21)34-2)25-18-12-24(36-15-16-7-5-4-6-8-16)23(35-3)13-19(18)27(30)20(14-29)26(25)28(31)32/h4-13,29-30H,14-15H2,1-3H3,(H,31,32). The summed E-state index contributed by atoms with van der Waals surface area (Å²) in [4.78, 5) is 12.4. The lowest BCUT2D eigenvalue weighted by atomic mass is 9.88. The van der Waals surface area contributed by atoms with Crippen LogP contribution >= 0.6 is 0 Å². The zero-order chi connectivity index (χ0) is 25.8. The van der Waals surface area contributed by atoms with Crippen LogP contribution in [0.3, 0.4) is 0 Å². The van der Waals surface area contributed by atoms with Crippen LogP contribution in [0, 0.1) is 0 Å². The van der Waals surface area contributed by atoms with Gasteiger partial charge >= 0.3 is 5.97 Å². The maximum absolute atomic E-state index is 12.4. The molecule has 0 aliphatic heterocycles. The van der Waals surface area contributed by atoms with E-state index in [0.29, 0.717) is 39.3 Å². The molecule has 0 aliphatic rings. The van der Waals surface area contributed by atoms with Crippen LogP contribution in [0.4, 0.5) is 0 Å². The molecule has 0 saturated heterocycles. The van der Waals surface area contributed by atoms with E-state index in [2.05, 4.69) is 0 Å². The van der Waals surface area contributed by atoms with Crippen LogP contribution in [0.25, 0.3) is 21.9 Å². The van der Waals surface area contributed by atoms with Crippen molar-refractivity contribution in [3.8, 4) is 39.9 Å². The van der Waals surface area contributed by atoms with Crippen molar-refractivity contribution in [3.05, 3.63) is 77.4 Å². The molecule has 0 aromatic heterocycles. The lowest BCUT2D eigenvalue weighted by molar-refractivity contribution is 0.0693. The Morgan fingerprint density at radius 1 is 0.806 bits per heavy atom. The van der Waals surface area contributed by atoms with Gasteiger partial charge in [-0.15, -0.1) is 0 Å². The lowest BCUT2D eigenvalue weighted by Gasteiger charge is -2.20. The summed E-state index contributed by atoms with van der Waals surface area (Å²) in [6.07, 6.45) is 0. The van der Waals surface area contributed by atoms with Gasteiger partial charge in [-0.2, -0.15) is 0 Å². The quantitative estimate of drug-likeness (QED) is 0.300. The molecule has 0 heterocycles. The number of aliphatic hydroxyl groups excluding tert-OH is 1. The first kappa shape index (κ1) is 24.7. The number of aliphatic hydroxyl groups is 1. The number of benzene rings is 4. The van der Waals surface area contributed by atoms with Crippen LogP contribution in [0.2, 0.25) is 0 Å². The number of methoxy groups -OCH3 is 3. The number of fused-ring (bicyclic) bond motifs is 1. The molecule has 8 heteroatoms. The molecule has 0 fully saturated rings. The fourth-order valence-electron chi connectivity index (χ4n) is 4.22. The van der Waals surface area contributed by atoms with Gasteiger partial charge in [0.1, 0.15) is 12.4 Å². The molecule has 186 valence electrons. The van der Waals surface area contributed by atoms with E-state index < -0.39 is 12.6 Å². The predicted molar refractivity (Wildman–Crippen MR) is 134 cm³/mol. The molecule has 8 nitrogen and oxygen atoms in total. The van der Waals surface area contributed by atoms with Gasteiger partial charge < -0.3 is 34.3 Å². The monoisotopic (exact) mass is 490 g/mol. The van der Waals surface area contributed by atoms with E-state index in [1.165, 1.54) is 21.3 Å². The van der Waals surface area contributed by atoms with Crippen molar-refractivity contribution in [2.75, 3.05) is 21.3 Å². The minimum Gasteiger partial charge on any atom is -0.507 e. The molecule has 3 N–H and O–H groups in total. The van der Waals surface area contributed by atoms with Gasteiger partial charge in [0.2, 0.25) is 0 Å². The summed E-state index contributed by atoms with van der Waals surface area (Å²) in [6, 6.07) is 17.8. The number of ether oxygens (including phenoxy) is 4. The molecule has 4 aromatic carbocycles. The van der Waals surface area contributed by atoms with Gasteiger partial charge in [0.15, 0.2) is 23.0 Å². The van der Waals surface area contributed by atoms with Crippen molar-refractivity contribution < 1.29 is 39.1 Å². The predicted octanol–water partition coefficient (Wildman–Crippen LogP) is 5.01. The molecule has 0 unspecified atom stereocenters. The third kappa shape index (κ3) is 4.46. The van der Waals surface area contributed by atoms with E-state index in [1.807, 2.05) is 30.3 Å². The maximum Gasteiger partial charge on any atom is 0.336 e. The lowest BCUT2D eigenvalue weighted by Crippen LogP contribution is -2.08. The molecule has 36 heavy (non-hydrogen) atoms. The van der Waals surface area contributed by atoms with E-state index in [0.717, 1.165) is 5.56 Å². The first-order valence-corrected chi connectivity index (χ1v) is 11.1. The third-order valence-electron chi connectivity index (χ3n) is 5.95. The second kappa shape index (κ2) is 10.5. The summed E-state index contributed by atoms with van der Waals surface area (Å²) in [5, 5.41) is 31.9. The van der Waals surface area contributed by atoms with Crippen molar-refractivity contribution in [1.29, 1.82) is 0 Å². The Morgan fingerprint density at radius 2 is 1.44 bits per heavy atom. The van der Waals surface area contributed by atoms with Crippen LogP contribution in [0.15, 0.2) is 60.7 Å². The minimum absolute atomic E-state index is 0.111. The van der Waals surface area contributed by atoms with Gasteiger partial charge in [-0.25, -0.2) is 4.79 Å². The minimum atomic E-state index is -1.30. The van der Waals surface area contributed by atoms with Gasteiger partial charge in [-0.1, -0.05) is 36.4 Å². The van der Waals surface area contributed by atoms with E-state index in [1.54, 1.807) is 30.3 Å². The SMILES string of the molecule is COc1ccc(-c2c(C(=O)O)c(CO)c(O)c3cc(OC)c(OCc4ccccc4)cc23)cc1OC. The normalized spacial score (nSPS) is 10.8. The first-order chi connectivity index (χ1) is 17.4. The number of carbonyl (C=O) groups is 1. The van der Waals surface area contributed by atoms with Crippen molar-refractivity contribution in [1.82, 2.24) is 0 Å². The average Bonchev–Trinajstić information content (AvgIpc) is 2.91. The fraction of sp³-hybridized carbons (Fsp3) is 0.179. The molecular weight excluding hydrogens is 464 g/mol. The highest BCUT2D eigenvalue weighted by Gasteiger charge is 2.26. The number of hydrogen-bond donors (Lipinski definition) is 3. The summed E-state index contributed by atoms with van der Waals surface area (Å²) in [5.74, 6) is -0.0722. The van der Waals surface area contributed by atoms with Gasteiger partial charge in [0.25, 0.3) is 0 Å². The second-order valence-corrected chi connectivity index (χ2v) is 7.93. The van der Waals surface area contributed by atoms with Crippen molar-refractivity contribution in [3.63, 3.8) is 0 Å². The fourth-order valence-corrected chi connectivity index (χ4v) is 4.22. The Morgan fingerprint density at radius 3 is 2.06 bits per heavy atom. The van der Waals surface area contributed by atoms with Gasteiger partial charge in [0, 0.05) is 16.5 Å². The molecule has 4 rings (SSSR count). The van der Waals surface area contributed by atoms with E-state index in [4.69, 9.17) is 18.9 Å². The number of aromatic carboxylic acids is 1. The number of aromatic hydroxyl groups is 1. The average molecular weight is 491 g/mol. The summed E-state index contributed by atoms with van der Waals surface area (Å²) in [5.41, 5.74) is 1.37. The Labute approximate surface area is 207 Å². The van der Waals surface area contributed by atoms with Crippen LogP contribution in [-0.2, 0) is 13.2 Å². The Kier molecular flexibility index (Phi) is 7.17. The van der Waals surface area contributed by atoms with Crippen LogP contribution in [0.5, 0.6) is 28.7 Å². The number of hydrogen-bond acceptors (Lipinski definition) is 7. The van der Waals surface area contributed by atoms with Gasteiger partial charge in [0.05, 0.1) is 33.5 Å². The van der Waals surface area contributed by atoms with E-state index >= 15 is 0 Å². The number of carboxylic acids is 1. The third-order valence-corrected chi connectivity index (χ3v) is 5.95. The Balaban J connectivity index is 2.02. The van der Waals surface area contributed by atoms with E-state index in [-0.39, 0.29) is 29.0 Å². The highest BCUT2D eigenvalue weighted by Crippen LogP contribution is 2.46. The van der Waals surface area contributed by atoms with Crippen molar-refractivity contribution in [2.24, 2.45) is 0 Å². The molecule has 0 atom stereocenters. The van der Waals surface area contributed by atoms with Crippen LogP contribution in [0.1, 0.15) is 21.5 Å². The summed E-state index contributed by atoms with van der Waals surface area (Å²) < 4.78 is 22.3. The Hall–Kier alpha value is -4.43. The first-order valence-electron chi connectivity index (χ1n) is 11.1. The summed E-state index contributed by atoms with van der Waals surface area (Å²) >= 11 is 0. The van der Waals surface area contributed by atoms with Crippen LogP contribution < -0.4 is 18.9 Å². The van der Waals surface area contributed by atoms with Gasteiger partial charge in [-0.3, -0.25) is 0 Å². The highest BCUT2D eigenvalue weighted by molar-refractivity contribution is 6.12. The largest absolute Gasteiger partial charge is 0.507 e. The molecule has 0 saturated carbocycles. The Bertz CT molecular complexity index is 1410. The summed E-state index contributed by atoms with van der Waals surface area (Å²) in [6.45, 7) is -0.431. The molecule has 0 amide bonds. The molecule has 0 aliphatic carbocycles. The number of phenols is 1. The smallest absolute Gasteiger partial charge is 0.336 e. The van der Waals surface area contributed by atoms with Gasteiger partial charge in [-0.05, 0) is 40.8 Å². The van der Waals surface area contributed by atoms with Crippen molar-refractivity contribution in [2.45, 2.75) is 13.2 Å². The second-order valence-electron chi connectivity index (χ2n) is 7.93. The number of carboxylic acid groups (broad SMARTS) is 1. The molecule has 0 bridgehead atoms.